The molecule has 2 atom stereocenters. The number of rotatable bonds is 15. The van der Waals surface area contributed by atoms with Gasteiger partial charge in [0.15, 0.2) is 6.04 Å². The van der Waals surface area contributed by atoms with Gasteiger partial charge in [-0.3, -0.25) is 8.98 Å². The number of nitrogens with zero attached hydrogens (tertiary/aromatic N) is 3. The summed E-state index contributed by atoms with van der Waals surface area (Å²) in [5.41, 5.74) is 9.72. The highest BCUT2D eigenvalue weighted by Crippen LogP contribution is 2.16. The Hall–Kier alpha value is -3.68. The van der Waals surface area contributed by atoms with Crippen molar-refractivity contribution < 1.29 is 41.9 Å². The fourth-order valence-electron chi connectivity index (χ4n) is 2.71. The SMILES string of the molecule is Cc1ccc(S(=O)(=O)OCC(O)COc2cccc(COCC(NC(=O)CN=[N+]=[N-])C(=O)O)c2)cc1. The molecular formula is C22H26N4O9S. The quantitative estimate of drug-likeness (QED) is 0.134. The predicted molar refractivity (Wildman–Crippen MR) is 125 cm³/mol. The molecule has 0 aromatic heterocycles. The van der Waals surface area contributed by atoms with Gasteiger partial charge in [-0.15, -0.1) is 0 Å². The fourth-order valence-corrected chi connectivity index (χ4v) is 3.65. The lowest BCUT2D eigenvalue weighted by atomic mass is 10.2. The fraction of sp³-hybridized carbons (Fsp3) is 0.364. The van der Waals surface area contributed by atoms with E-state index in [0.717, 1.165) is 5.56 Å². The Morgan fingerprint density at radius 1 is 1.14 bits per heavy atom. The first kappa shape index (κ1) is 28.6. The predicted octanol–water partition coefficient (Wildman–Crippen LogP) is 1.54. The van der Waals surface area contributed by atoms with Crippen LogP contribution in [0.4, 0.5) is 0 Å². The number of carbonyl (C=O) groups excluding carboxylic acids is 1. The summed E-state index contributed by atoms with van der Waals surface area (Å²) in [7, 11) is -4.02. The summed E-state index contributed by atoms with van der Waals surface area (Å²) in [5, 5.41) is 24.5. The number of ether oxygens (including phenoxy) is 2. The zero-order valence-electron chi connectivity index (χ0n) is 19.3. The minimum Gasteiger partial charge on any atom is -0.491 e. The zero-order chi connectivity index (χ0) is 26.6. The number of hydrogen-bond donors (Lipinski definition) is 3. The van der Waals surface area contributed by atoms with Gasteiger partial charge in [-0.25, -0.2) is 4.79 Å². The number of aryl methyl sites for hydroxylation is 1. The van der Waals surface area contributed by atoms with Crippen LogP contribution in [0.25, 0.3) is 10.4 Å². The van der Waals surface area contributed by atoms with Gasteiger partial charge >= 0.3 is 5.97 Å². The van der Waals surface area contributed by atoms with Crippen LogP contribution in [0, 0.1) is 6.92 Å². The van der Waals surface area contributed by atoms with Crippen LogP contribution in [0.15, 0.2) is 58.5 Å². The smallest absolute Gasteiger partial charge is 0.328 e. The van der Waals surface area contributed by atoms with Crippen molar-refractivity contribution in [3.63, 3.8) is 0 Å². The maximum Gasteiger partial charge on any atom is 0.328 e. The van der Waals surface area contributed by atoms with E-state index in [2.05, 4.69) is 15.3 Å². The van der Waals surface area contributed by atoms with E-state index in [9.17, 15) is 28.2 Å². The van der Waals surface area contributed by atoms with Crippen molar-refractivity contribution in [3.05, 3.63) is 70.1 Å². The molecule has 1 amide bonds. The number of carbonyl (C=O) groups is 2. The Kier molecular flexibility index (Phi) is 11.1. The van der Waals surface area contributed by atoms with E-state index in [-0.39, 0.29) is 24.7 Å². The summed E-state index contributed by atoms with van der Waals surface area (Å²) in [4.78, 5) is 25.2. The van der Waals surface area contributed by atoms with Gasteiger partial charge in [-0.2, -0.15) is 8.42 Å². The van der Waals surface area contributed by atoms with Crippen LogP contribution in [-0.2, 0) is 35.2 Å². The van der Waals surface area contributed by atoms with Crippen LogP contribution in [-0.4, -0.2) is 69.0 Å². The lowest BCUT2D eigenvalue weighted by Crippen LogP contribution is -2.44. The number of nitrogens with one attached hydrogen (secondary N) is 1. The van der Waals surface area contributed by atoms with Crippen molar-refractivity contribution in [2.75, 3.05) is 26.4 Å². The van der Waals surface area contributed by atoms with Crippen LogP contribution in [0.2, 0.25) is 0 Å². The molecule has 0 saturated carbocycles. The second kappa shape index (κ2) is 14.0. The van der Waals surface area contributed by atoms with E-state index in [1.807, 2.05) is 6.92 Å². The van der Waals surface area contributed by atoms with Gasteiger partial charge in [-0.1, -0.05) is 34.9 Å². The molecule has 3 N–H and O–H groups in total. The second-order valence-electron chi connectivity index (χ2n) is 7.53. The summed E-state index contributed by atoms with van der Waals surface area (Å²) >= 11 is 0. The molecule has 0 aliphatic rings. The molecule has 13 nitrogen and oxygen atoms in total. The van der Waals surface area contributed by atoms with E-state index in [0.29, 0.717) is 11.3 Å². The Morgan fingerprint density at radius 2 is 1.86 bits per heavy atom. The summed E-state index contributed by atoms with van der Waals surface area (Å²) in [6.45, 7) is 0.200. The Bertz CT molecular complexity index is 1180. The molecule has 0 heterocycles. The highest BCUT2D eigenvalue weighted by Gasteiger charge is 2.20. The van der Waals surface area contributed by atoms with E-state index < -0.39 is 47.3 Å². The van der Waals surface area contributed by atoms with Gasteiger partial charge in [0, 0.05) is 4.91 Å². The summed E-state index contributed by atoms with van der Waals surface area (Å²) in [6, 6.07) is 11.3. The van der Waals surface area contributed by atoms with Gasteiger partial charge in [0.1, 0.15) is 25.0 Å². The van der Waals surface area contributed by atoms with Gasteiger partial charge in [0.2, 0.25) is 5.91 Å². The topological polar surface area (TPSA) is 197 Å². The minimum atomic E-state index is -4.02. The summed E-state index contributed by atoms with van der Waals surface area (Å²) < 4.78 is 40.1. The molecule has 2 aromatic carbocycles. The first-order valence-corrected chi connectivity index (χ1v) is 12.0. The van der Waals surface area contributed by atoms with Crippen LogP contribution < -0.4 is 10.1 Å². The number of benzene rings is 2. The summed E-state index contributed by atoms with van der Waals surface area (Å²) in [6.07, 6.45) is -1.23. The number of carboxylic acids is 1. The van der Waals surface area contributed by atoms with Gasteiger partial charge < -0.3 is 25.0 Å². The van der Waals surface area contributed by atoms with E-state index in [1.165, 1.54) is 12.1 Å². The molecule has 0 fully saturated rings. The average molecular weight is 523 g/mol. The van der Waals surface area contributed by atoms with Crippen molar-refractivity contribution in [2.45, 2.75) is 30.6 Å². The monoisotopic (exact) mass is 522 g/mol. The van der Waals surface area contributed by atoms with Crippen molar-refractivity contribution in [1.29, 1.82) is 0 Å². The molecule has 14 heteroatoms. The van der Waals surface area contributed by atoms with Crippen molar-refractivity contribution in [2.24, 2.45) is 5.11 Å². The number of azide groups is 1. The molecular weight excluding hydrogens is 496 g/mol. The Morgan fingerprint density at radius 3 is 2.53 bits per heavy atom. The van der Waals surface area contributed by atoms with Crippen LogP contribution >= 0.6 is 0 Å². The maximum atomic E-state index is 12.2. The third kappa shape index (κ3) is 9.90. The number of hydrogen-bond acceptors (Lipinski definition) is 9. The van der Waals surface area contributed by atoms with Crippen LogP contribution in [0.1, 0.15) is 11.1 Å². The van der Waals surface area contributed by atoms with Crippen LogP contribution in [0.3, 0.4) is 0 Å². The zero-order valence-corrected chi connectivity index (χ0v) is 20.1. The van der Waals surface area contributed by atoms with E-state index in [1.54, 1.807) is 36.4 Å². The molecule has 0 spiro atoms. The normalized spacial score (nSPS) is 12.7. The molecule has 0 aliphatic carbocycles. The molecule has 0 bridgehead atoms. The number of aliphatic hydroxyl groups is 1. The lowest BCUT2D eigenvalue weighted by molar-refractivity contribution is -0.143. The molecule has 2 rings (SSSR count). The first-order valence-electron chi connectivity index (χ1n) is 10.6. The third-order valence-corrected chi connectivity index (χ3v) is 5.83. The molecule has 194 valence electrons. The van der Waals surface area contributed by atoms with E-state index in [4.69, 9.17) is 19.2 Å². The Labute approximate surface area is 207 Å². The largest absolute Gasteiger partial charge is 0.491 e. The van der Waals surface area contributed by atoms with Crippen LogP contribution in [0.5, 0.6) is 5.75 Å². The van der Waals surface area contributed by atoms with E-state index >= 15 is 0 Å². The number of aliphatic carboxylic acids is 1. The second-order valence-corrected chi connectivity index (χ2v) is 9.14. The molecule has 0 radical (unpaired) electrons. The van der Waals surface area contributed by atoms with Gasteiger partial charge in [0.05, 0.1) is 24.7 Å². The highest BCUT2D eigenvalue weighted by molar-refractivity contribution is 7.86. The molecule has 36 heavy (non-hydrogen) atoms. The Balaban J connectivity index is 1.80. The van der Waals surface area contributed by atoms with Crippen molar-refractivity contribution in [1.82, 2.24) is 5.32 Å². The average Bonchev–Trinajstić information content (AvgIpc) is 2.85. The van der Waals surface area contributed by atoms with Crippen molar-refractivity contribution in [3.8, 4) is 5.75 Å². The number of carboxylic acid groups (broad SMARTS) is 1. The molecule has 2 unspecified atom stereocenters. The summed E-state index contributed by atoms with van der Waals surface area (Å²) in [5.74, 6) is -1.72. The molecule has 0 saturated heterocycles. The minimum absolute atomic E-state index is 0.00629. The third-order valence-electron chi connectivity index (χ3n) is 4.53. The molecule has 2 aromatic rings. The number of aliphatic hydroxyl groups excluding tert-OH is 1. The lowest BCUT2D eigenvalue weighted by Gasteiger charge is -2.15. The standard InChI is InChI=1S/C22H26N4O9S/c1-15-5-7-19(8-6-15)36(31,32)35-13-17(27)12-34-18-4-2-3-16(9-18)11-33-14-20(22(29)30)25-21(28)10-24-26-23/h2-9,17,20,27H,10-14H2,1H3,(H,25,28)(H,29,30). The highest BCUT2D eigenvalue weighted by atomic mass is 32.2. The first-order chi connectivity index (χ1) is 17.1. The van der Waals surface area contributed by atoms with Gasteiger partial charge in [-0.05, 0) is 42.3 Å². The number of amides is 1. The maximum absolute atomic E-state index is 12.2. The van der Waals surface area contributed by atoms with Gasteiger partial charge in [0.25, 0.3) is 10.1 Å². The van der Waals surface area contributed by atoms with Crippen molar-refractivity contribution >= 4 is 22.0 Å². The molecule has 0 aliphatic heterocycles.